The van der Waals surface area contributed by atoms with Crippen molar-refractivity contribution in [3.63, 3.8) is 0 Å². The van der Waals surface area contributed by atoms with Crippen LogP contribution in [0.4, 0.5) is 0 Å². The Labute approximate surface area is 89.8 Å². The van der Waals surface area contributed by atoms with Crippen LogP contribution in [0, 0.1) is 6.42 Å². The lowest BCUT2D eigenvalue weighted by molar-refractivity contribution is 0.659. The largest absolute Gasteiger partial charge is 0.253 e. The van der Waals surface area contributed by atoms with Crippen molar-refractivity contribution < 1.29 is 0 Å². The number of aryl methyl sites for hydroxylation is 1. The minimum Gasteiger partial charge on any atom is -0.253 e. The van der Waals surface area contributed by atoms with Gasteiger partial charge in [-0.3, -0.25) is 4.68 Å². The maximum Gasteiger partial charge on any atom is 0.181 e. The molecule has 1 aromatic carbocycles. The van der Waals surface area contributed by atoms with Gasteiger partial charge in [-0.2, -0.15) is 5.10 Å². The number of rotatable bonds is 3. The van der Waals surface area contributed by atoms with Crippen molar-refractivity contribution in [2.24, 2.45) is 0 Å². The summed E-state index contributed by atoms with van der Waals surface area (Å²) >= 11 is 0. The molecule has 1 aromatic heterocycles. The van der Waals surface area contributed by atoms with E-state index in [0.29, 0.717) is 0 Å². The smallest absolute Gasteiger partial charge is 0.181 e. The minimum absolute atomic E-state index is 0.792. The van der Waals surface area contributed by atoms with Crippen LogP contribution in [0.25, 0.3) is 11.4 Å². The van der Waals surface area contributed by atoms with Crippen molar-refractivity contribution in [3.8, 4) is 11.4 Å². The number of hydrogen-bond acceptors (Lipinski definition) is 2. The second-order valence-electron chi connectivity index (χ2n) is 3.34. The van der Waals surface area contributed by atoms with Crippen molar-refractivity contribution in [1.82, 2.24) is 14.8 Å². The van der Waals surface area contributed by atoms with E-state index in [1.807, 2.05) is 23.7 Å². The number of aromatic nitrogens is 3. The first-order chi connectivity index (χ1) is 7.33. The SMILES string of the molecule is C[CH]c1cccc(-c2ncn(CC)n2)c1. The van der Waals surface area contributed by atoms with Crippen molar-refractivity contribution in [1.29, 1.82) is 0 Å². The fourth-order valence-corrected chi connectivity index (χ4v) is 1.44. The molecule has 77 valence electrons. The van der Waals surface area contributed by atoms with Gasteiger partial charge in [-0.25, -0.2) is 4.98 Å². The van der Waals surface area contributed by atoms with Gasteiger partial charge in [0.15, 0.2) is 5.82 Å². The Balaban J connectivity index is 2.35. The van der Waals surface area contributed by atoms with Crippen LogP contribution in [-0.4, -0.2) is 14.8 Å². The van der Waals surface area contributed by atoms with Gasteiger partial charge in [0.2, 0.25) is 0 Å². The van der Waals surface area contributed by atoms with Crippen LogP contribution < -0.4 is 0 Å². The summed E-state index contributed by atoms with van der Waals surface area (Å²) in [6.07, 6.45) is 3.83. The van der Waals surface area contributed by atoms with E-state index in [4.69, 9.17) is 0 Å². The molecule has 0 saturated carbocycles. The Hall–Kier alpha value is -1.64. The second kappa shape index (κ2) is 4.26. The molecule has 0 amide bonds. The Morgan fingerprint density at radius 1 is 1.40 bits per heavy atom. The molecule has 3 nitrogen and oxygen atoms in total. The average molecular weight is 200 g/mol. The highest BCUT2D eigenvalue weighted by Crippen LogP contribution is 2.16. The normalized spacial score (nSPS) is 10.5. The third-order valence-electron chi connectivity index (χ3n) is 2.34. The van der Waals surface area contributed by atoms with E-state index in [0.717, 1.165) is 17.9 Å². The molecule has 0 aliphatic carbocycles. The molecule has 0 N–H and O–H groups in total. The van der Waals surface area contributed by atoms with E-state index in [9.17, 15) is 0 Å². The monoisotopic (exact) mass is 200 g/mol. The van der Waals surface area contributed by atoms with Crippen molar-refractivity contribution >= 4 is 0 Å². The van der Waals surface area contributed by atoms with Crippen LogP contribution in [0.15, 0.2) is 30.6 Å². The van der Waals surface area contributed by atoms with Gasteiger partial charge in [0, 0.05) is 12.1 Å². The van der Waals surface area contributed by atoms with Gasteiger partial charge in [-0.05, 0) is 25.0 Å². The van der Waals surface area contributed by atoms with E-state index >= 15 is 0 Å². The molecule has 0 saturated heterocycles. The molecule has 0 spiro atoms. The molecule has 2 aromatic rings. The van der Waals surface area contributed by atoms with Crippen LogP contribution in [0.3, 0.4) is 0 Å². The summed E-state index contributed by atoms with van der Waals surface area (Å²) in [6.45, 7) is 4.93. The molecule has 0 fully saturated rings. The predicted molar refractivity (Wildman–Crippen MR) is 60.2 cm³/mol. The quantitative estimate of drug-likeness (QED) is 0.762. The van der Waals surface area contributed by atoms with E-state index in [2.05, 4.69) is 35.6 Å². The maximum absolute atomic E-state index is 4.37. The second-order valence-corrected chi connectivity index (χ2v) is 3.34. The lowest BCUT2D eigenvalue weighted by atomic mass is 10.1. The van der Waals surface area contributed by atoms with Crippen LogP contribution in [0.5, 0.6) is 0 Å². The fraction of sp³-hybridized carbons (Fsp3) is 0.250. The Morgan fingerprint density at radius 3 is 2.93 bits per heavy atom. The lowest BCUT2D eigenvalue weighted by Crippen LogP contribution is -1.94. The molecule has 0 bridgehead atoms. The van der Waals surface area contributed by atoms with Crippen LogP contribution in [0.2, 0.25) is 0 Å². The van der Waals surface area contributed by atoms with Crippen LogP contribution >= 0.6 is 0 Å². The first kappa shape index (κ1) is 9.90. The zero-order chi connectivity index (χ0) is 10.7. The molecule has 15 heavy (non-hydrogen) atoms. The topological polar surface area (TPSA) is 30.7 Å². The maximum atomic E-state index is 4.37. The summed E-state index contributed by atoms with van der Waals surface area (Å²) in [7, 11) is 0. The van der Waals surface area contributed by atoms with Crippen molar-refractivity contribution in [3.05, 3.63) is 42.6 Å². The standard InChI is InChI=1S/C12H14N3/c1-3-10-6-5-7-11(8-10)12-13-9-15(4-2)14-12/h3,5-9H,4H2,1-2H3. The number of hydrogen-bond donors (Lipinski definition) is 0. The molecular formula is C12H14N3. The Kier molecular flexibility index (Phi) is 2.81. The summed E-state index contributed by atoms with van der Waals surface area (Å²) < 4.78 is 1.83. The highest BCUT2D eigenvalue weighted by atomic mass is 15.3. The van der Waals surface area contributed by atoms with Gasteiger partial charge in [-0.15, -0.1) is 0 Å². The third kappa shape index (κ3) is 2.06. The zero-order valence-electron chi connectivity index (χ0n) is 9.01. The molecule has 1 radical (unpaired) electrons. The molecular weight excluding hydrogens is 186 g/mol. The van der Waals surface area contributed by atoms with E-state index in [1.165, 1.54) is 5.56 Å². The Morgan fingerprint density at radius 2 is 2.27 bits per heavy atom. The zero-order valence-corrected chi connectivity index (χ0v) is 9.01. The number of benzene rings is 1. The minimum atomic E-state index is 0.792. The Bertz CT molecular complexity index is 446. The van der Waals surface area contributed by atoms with Crippen LogP contribution in [0.1, 0.15) is 19.4 Å². The summed E-state index contributed by atoms with van der Waals surface area (Å²) in [4.78, 5) is 4.27. The van der Waals surface area contributed by atoms with E-state index in [-0.39, 0.29) is 0 Å². The van der Waals surface area contributed by atoms with Crippen molar-refractivity contribution in [2.45, 2.75) is 20.4 Å². The van der Waals surface area contributed by atoms with Gasteiger partial charge in [0.05, 0.1) is 0 Å². The molecule has 0 unspecified atom stereocenters. The summed E-state index contributed by atoms with van der Waals surface area (Å²) in [6, 6.07) is 8.22. The molecule has 0 aliphatic heterocycles. The van der Waals surface area contributed by atoms with Gasteiger partial charge < -0.3 is 0 Å². The first-order valence-corrected chi connectivity index (χ1v) is 5.12. The van der Waals surface area contributed by atoms with E-state index in [1.54, 1.807) is 6.33 Å². The summed E-state index contributed by atoms with van der Waals surface area (Å²) in [5.74, 6) is 0.792. The molecule has 0 atom stereocenters. The number of nitrogens with zero attached hydrogens (tertiary/aromatic N) is 3. The fourth-order valence-electron chi connectivity index (χ4n) is 1.44. The first-order valence-electron chi connectivity index (χ1n) is 5.12. The molecule has 1 heterocycles. The van der Waals surface area contributed by atoms with Crippen LogP contribution in [-0.2, 0) is 6.54 Å². The van der Waals surface area contributed by atoms with Gasteiger partial charge in [-0.1, -0.05) is 25.1 Å². The molecule has 3 heteroatoms. The molecule has 2 rings (SSSR count). The van der Waals surface area contributed by atoms with E-state index < -0.39 is 0 Å². The summed E-state index contributed by atoms with van der Waals surface area (Å²) in [5.41, 5.74) is 2.26. The average Bonchev–Trinajstić information content (AvgIpc) is 2.78. The molecule has 0 aliphatic rings. The third-order valence-corrected chi connectivity index (χ3v) is 2.34. The lowest BCUT2D eigenvalue weighted by Gasteiger charge is -1.98. The van der Waals surface area contributed by atoms with Gasteiger partial charge in [0.25, 0.3) is 0 Å². The van der Waals surface area contributed by atoms with Crippen molar-refractivity contribution in [2.75, 3.05) is 0 Å². The summed E-state index contributed by atoms with van der Waals surface area (Å²) in [5, 5.41) is 4.37. The highest BCUT2D eigenvalue weighted by molar-refractivity contribution is 5.56. The van der Waals surface area contributed by atoms with Gasteiger partial charge in [0.1, 0.15) is 6.33 Å². The van der Waals surface area contributed by atoms with Gasteiger partial charge >= 0.3 is 0 Å². The predicted octanol–water partition coefficient (Wildman–Crippen LogP) is 2.54. The highest BCUT2D eigenvalue weighted by Gasteiger charge is 2.03.